The monoisotopic (exact) mass is 167 g/mol. The normalized spacial score (nSPS) is 17.9. The van der Waals surface area contributed by atoms with Crippen LogP contribution >= 0.6 is 0 Å². The molecule has 0 fully saturated rings. The fourth-order valence-electron chi connectivity index (χ4n) is 1.08. The van der Waals surface area contributed by atoms with E-state index in [1.165, 1.54) is 12.8 Å². The summed E-state index contributed by atoms with van der Waals surface area (Å²) in [5, 5.41) is 8.92. The summed E-state index contributed by atoms with van der Waals surface area (Å²) >= 11 is 0. The lowest BCUT2D eigenvalue weighted by molar-refractivity contribution is 0.338. The Balaban J connectivity index is 3.83. The Morgan fingerprint density at radius 3 is 2.33 bits per heavy atom. The second-order valence-corrected chi connectivity index (χ2v) is 4.08. The van der Waals surface area contributed by atoms with Gasteiger partial charge in [-0.05, 0) is 32.1 Å². The first-order valence-electron chi connectivity index (χ1n) is 4.99. The van der Waals surface area contributed by atoms with Crippen molar-refractivity contribution < 1.29 is 0 Å². The van der Waals surface area contributed by atoms with Crippen LogP contribution in [0.15, 0.2) is 0 Å². The number of hydrogen-bond donors (Lipinski definition) is 0. The summed E-state index contributed by atoms with van der Waals surface area (Å²) in [6.45, 7) is 8.63. The van der Waals surface area contributed by atoms with E-state index < -0.39 is 0 Å². The van der Waals surface area contributed by atoms with Crippen molar-refractivity contribution in [1.82, 2.24) is 0 Å². The quantitative estimate of drug-likeness (QED) is 0.611. The molecule has 0 saturated heterocycles. The molecule has 0 aromatic carbocycles. The molecule has 12 heavy (non-hydrogen) atoms. The first-order valence-corrected chi connectivity index (χ1v) is 4.99. The van der Waals surface area contributed by atoms with Crippen LogP contribution in [0.1, 0.15) is 53.4 Å². The summed E-state index contributed by atoms with van der Waals surface area (Å²) in [5.74, 6) is 0.768. The van der Waals surface area contributed by atoms with Crippen molar-refractivity contribution in [2.45, 2.75) is 53.4 Å². The highest BCUT2D eigenvalue weighted by molar-refractivity contribution is 4.94. The molecule has 0 bridgehead atoms. The third kappa shape index (κ3) is 3.76. The fraction of sp³-hybridized carbons (Fsp3) is 0.909. The van der Waals surface area contributed by atoms with Crippen molar-refractivity contribution in [3.63, 3.8) is 0 Å². The number of rotatable bonds is 5. The van der Waals surface area contributed by atoms with E-state index in [0.717, 1.165) is 18.8 Å². The van der Waals surface area contributed by atoms with Crippen LogP contribution in [0.4, 0.5) is 0 Å². The van der Waals surface area contributed by atoms with Gasteiger partial charge in [0.25, 0.3) is 0 Å². The van der Waals surface area contributed by atoms with Gasteiger partial charge in [-0.25, -0.2) is 0 Å². The molecule has 0 aliphatic carbocycles. The summed E-state index contributed by atoms with van der Waals surface area (Å²) in [5.41, 5.74) is -0.0799. The molecule has 1 nitrogen and oxygen atoms in total. The summed E-state index contributed by atoms with van der Waals surface area (Å²) < 4.78 is 0. The lowest BCUT2D eigenvalue weighted by Gasteiger charge is -2.20. The molecule has 0 rings (SSSR count). The van der Waals surface area contributed by atoms with Gasteiger partial charge in [-0.1, -0.05) is 27.2 Å². The standard InChI is InChI=1S/C11H21N/c1-5-10(3)7-8-11(4,6-2)9-12/h10H,5-8H2,1-4H3/t10-,11+/m0/s1. The van der Waals surface area contributed by atoms with Crippen molar-refractivity contribution in [2.24, 2.45) is 11.3 Å². The van der Waals surface area contributed by atoms with Crippen molar-refractivity contribution >= 4 is 0 Å². The zero-order chi connectivity index (χ0) is 9.61. The Kier molecular flexibility index (Phi) is 4.97. The zero-order valence-corrected chi connectivity index (χ0v) is 8.85. The summed E-state index contributed by atoms with van der Waals surface area (Å²) in [6, 6.07) is 2.41. The molecule has 0 spiro atoms. The highest BCUT2D eigenvalue weighted by atomic mass is 14.3. The van der Waals surface area contributed by atoms with Gasteiger partial charge < -0.3 is 0 Å². The Morgan fingerprint density at radius 1 is 1.42 bits per heavy atom. The maximum Gasteiger partial charge on any atom is 0.0686 e. The van der Waals surface area contributed by atoms with E-state index in [-0.39, 0.29) is 5.41 Å². The Bertz CT molecular complexity index is 157. The van der Waals surface area contributed by atoms with Gasteiger partial charge in [0.2, 0.25) is 0 Å². The molecule has 1 heteroatoms. The van der Waals surface area contributed by atoms with E-state index >= 15 is 0 Å². The average Bonchev–Trinajstić information content (AvgIpc) is 2.13. The van der Waals surface area contributed by atoms with Gasteiger partial charge in [-0.15, -0.1) is 0 Å². The van der Waals surface area contributed by atoms with E-state index in [1.54, 1.807) is 0 Å². The van der Waals surface area contributed by atoms with Gasteiger partial charge in [0.1, 0.15) is 0 Å². The van der Waals surface area contributed by atoms with Crippen molar-refractivity contribution in [3.8, 4) is 6.07 Å². The van der Waals surface area contributed by atoms with Crippen molar-refractivity contribution in [2.75, 3.05) is 0 Å². The molecule has 0 aromatic heterocycles. The predicted molar refractivity (Wildman–Crippen MR) is 52.7 cm³/mol. The third-order valence-electron chi connectivity index (χ3n) is 2.94. The first-order chi connectivity index (χ1) is 5.58. The second-order valence-electron chi connectivity index (χ2n) is 4.08. The van der Waals surface area contributed by atoms with E-state index in [1.807, 2.05) is 0 Å². The Morgan fingerprint density at radius 2 is 2.00 bits per heavy atom. The van der Waals surface area contributed by atoms with E-state index in [9.17, 15) is 0 Å². The van der Waals surface area contributed by atoms with Gasteiger partial charge in [0, 0.05) is 0 Å². The van der Waals surface area contributed by atoms with Crippen LogP contribution in [-0.4, -0.2) is 0 Å². The summed E-state index contributed by atoms with van der Waals surface area (Å²) in [7, 11) is 0. The third-order valence-corrected chi connectivity index (χ3v) is 2.94. The molecule has 0 aliphatic rings. The first kappa shape index (κ1) is 11.5. The highest BCUT2D eigenvalue weighted by Crippen LogP contribution is 2.28. The summed E-state index contributed by atoms with van der Waals surface area (Å²) in [6.07, 6.45) is 4.44. The molecule has 0 radical (unpaired) electrons. The fourth-order valence-corrected chi connectivity index (χ4v) is 1.08. The van der Waals surface area contributed by atoms with Crippen LogP contribution in [0.2, 0.25) is 0 Å². The number of nitriles is 1. The molecule has 0 heterocycles. The summed E-state index contributed by atoms with van der Waals surface area (Å²) in [4.78, 5) is 0. The van der Waals surface area contributed by atoms with Crippen LogP contribution in [0, 0.1) is 22.7 Å². The molecule has 0 N–H and O–H groups in total. The van der Waals surface area contributed by atoms with Gasteiger partial charge in [0.05, 0.1) is 11.5 Å². The van der Waals surface area contributed by atoms with Gasteiger partial charge in [-0.2, -0.15) is 5.26 Å². The van der Waals surface area contributed by atoms with Crippen LogP contribution in [0.25, 0.3) is 0 Å². The predicted octanol–water partition coefficient (Wildman–Crippen LogP) is 3.75. The lowest BCUT2D eigenvalue weighted by atomic mass is 9.82. The Labute approximate surface area is 76.8 Å². The van der Waals surface area contributed by atoms with Gasteiger partial charge in [-0.3, -0.25) is 0 Å². The molecular formula is C11H21N. The SMILES string of the molecule is CC[C@H](C)CC[C@](C)(C#N)CC. The topological polar surface area (TPSA) is 23.8 Å². The minimum Gasteiger partial charge on any atom is -0.198 e. The van der Waals surface area contributed by atoms with Crippen molar-refractivity contribution in [1.29, 1.82) is 5.26 Å². The molecule has 0 aromatic rings. The largest absolute Gasteiger partial charge is 0.198 e. The maximum absolute atomic E-state index is 8.92. The zero-order valence-electron chi connectivity index (χ0n) is 8.85. The molecular weight excluding hydrogens is 146 g/mol. The number of nitrogens with zero attached hydrogens (tertiary/aromatic N) is 1. The van der Waals surface area contributed by atoms with Crippen LogP contribution in [0.3, 0.4) is 0 Å². The highest BCUT2D eigenvalue weighted by Gasteiger charge is 2.21. The Hall–Kier alpha value is -0.510. The van der Waals surface area contributed by atoms with Crippen LogP contribution in [0.5, 0.6) is 0 Å². The molecule has 70 valence electrons. The van der Waals surface area contributed by atoms with Crippen LogP contribution in [-0.2, 0) is 0 Å². The van der Waals surface area contributed by atoms with Gasteiger partial charge in [0.15, 0.2) is 0 Å². The number of hydrogen-bond acceptors (Lipinski definition) is 1. The molecule has 0 saturated carbocycles. The molecule has 0 aliphatic heterocycles. The van der Waals surface area contributed by atoms with E-state index in [2.05, 4.69) is 33.8 Å². The average molecular weight is 167 g/mol. The van der Waals surface area contributed by atoms with Crippen molar-refractivity contribution in [3.05, 3.63) is 0 Å². The minimum absolute atomic E-state index is 0.0799. The molecule has 0 unspecified atom stereocenters. The minimum atomic E-state index is -0.0799. The van der Waals surface area contributed by atoms with E-state index in [4.69, 9.17) is 5.26 Å². The lowest BCUT2D eigenvalue weighted by Crippen LogP contribution is -2.13. The van der Waals surface area contributed by atoms with Gasteiger partial charge >= 0.3 is 0 Å². The second kappa shape index (κ2) is 5.19. The molecule has 2 atom stereocenters. The smallest absolute Gasteiger partial charge is 0.0686 e. The van der Waals surface area contributed by atoms with Crippen LogP contribution < -0.4 is 0 Å². The maximum atomic E-state index is 8.92. The molecule has 0 amide bonds. The van der Waals surface area contributed by atoms with E-state index in [0.29, 0.717) is 0 Å².